The van der Waals surface area contributed by atoms with E-state index in [1.165, 1.54) is 6.07 Å². The molecule has 0 spiro atoms. The van der Waals surface area contributed by atoms with E-state index in [1.54, 1.807) is 29.9 Å². The van der Waals surface area contributed by atoms with Crippen molar-refractivity contribution in [2.45, 2.75) is 13.5 Å². The molecular weight excluding hydrogens is 222 g/mol. The van der Waals surface area contributed by atoms with Gasteiger partial charge in [0.1, 0.15) is 0 Å². The average Bonchev–Trinajstić information content (AvgIpc) is 2.76. The van der Waals surface area contributed by atoms with Gasteiger partial charge >= 0.3 is 0 Å². The van der Waals surface area contributed by atoms with Gasteiger partial charge in [-0.05, 0) is 19.1 Å². The molecule has 1 aromatic carbocycles. The molecule has 1 aromatic heterocycles. The van der Waals surface area contributed by atoms with E-state index in [2.05, 4.69) is 10.3 Å². The lowest BCUT2D eigenvalue weighted by Crippen LogP contribution is -1.98. The first kappa shape index (κ1) is 11.2. The molecule has 2 N–H and O–H groups in total. The normalized spacial score (nSPS) is 10.5. The molecule has 0 aliphatic carbocycles. The minimum Gasteiger partial charge on any atom is -0.325 e. The molecule has 1 heterocycles. The smallest absolute Gasteiger partial charge is 0.272 e. The van der Waals surface area contributed by atoms with Gasteiger partial charge in [0.15, 0.2) is 0 Å². The standard InChI is InChI=1S/C10H11N5O2/c1-7-4-9(2-3-10(7)15(16)17)14-6-8(5-11)12-13-14/h2-4,6H,5,11H2,1H3. The Bertz CT molecular complexity index is 564. The van der Waals surface area contributed by atoms with Crippen LogP contribution in [0.5, 0.6) is 0 Å². The summed E-state index contributed by atoms with van der Waals surface area (Å²) in [5, 5.41) is 18.4. The molecule has 2 rings (SSSR count). The maximum atomic E-state index is 10.7. The number of nitro benzene ring substituents is 1. The van der Waals surface area contributed by atoms with Crippen molar-refractivity contribution in [3.05, 3.63) is 45.8 Å². The van der Waals surface area contributed by atoms with E-state index in [1.807, 2.05) is 0 Å². The van der Waals surface area contributed by atoms with Gasteiger partial charge < -0.3 is 5.73 Å². The van der Waals surface area contributed by atoms with E-state index in [0.29, 0.717) is 17.8 Å². The predicted octanol–water partition coefficient (Wildman–Crippen LogP) is 0.943. The summed E-state index contributed by atoms with van der Waals surface area (Å²) in [4.78, 5) is 10.3. The molecule has 0 radical (unpaired) electrons. The van der Waals surface area contributed by atoms with Crippen LogP contribution in [0.15, 0.2) is 24.4 Å². The Kier molecular flexibility index (Phi) is 2.84. The summed E-state index contributed by atoms with van der Waals surface area (Å²) < 4.78 is 1.54. The van der Waals surface area contributed by atoms with Gasteiger partial charge in [0, 0.05) is 18.2 Å². The van der Waals surface area contributed by atoms with Crippen molar-refractivity contribution in [1.29, 1.82) is 0 Å². The van der Waals surface area contributed by atoms with Crippen LogP contribution in [0.4, 0.5) is 5.69 Å². The molecule has 0 bridgehead atoms. The van der Waals surface area contributed by atoms with Crippen LogP contribution in [0, 0.1) is 17.0 Å². The zero-order chi connectivity index (χ0) is 12.4. The van der Waals surface area contributed by atoms with Gasteiger partial charge in [0.2, 0.25) is 0 Å². The second kappa shape index (κ2) is 4.30. The fraction of sp³-hybridized carbons (Fsp3) is 0.200. The molecular formula is C10H11N5O2. The first-order valence-corrected chi connectivity index (χ1v) is 4.98. The molecule has 17 heavy (non-hydrogen) atoms. The van der Waals surface area contributed by atoms with Crippen molar-refractivity contribution >= 4 is 5.69 Å². The highest BCUT2D eigenvalue weighted by Crippen LogP contribution is 2.20. The van der Waals surface area contributed by atoms with E-state index in [4.69, 9.17) is 5.73 Å². The molecule has 0 atom stereocenters. The van der Waals surface area contributed by atoms with Gasteiger partial charge in [0.05, 0.1) is 22.5 Å². The van der Waals surface area contributed by atoms with Crippen LogP contribution in [-0.2, 0) is 6.54 Å². The number of hydrogen-bond acceptors (Lipinski definition) is 5. The lowest BCUT2D eigenvalue weighted by molar-refractivity contribution is -0.385. The molecule has 7 heteroatoms. The van der Waals surface area contributed by atoms with E-state index >= 15 is 0 Å². The van der Waals surface area contributed by atoms with Crippen LogP contribution in [0.3, 0.4) is 0 Å². The highest BCUT2D eigenvalue weighted by Gasteiger charge is 2.11. The molecule has 0 aliphatic rings. The monoisotopic (exact) mass is 233 g/mol. The number of aryl methyl sites for hydroxylation is 1. The summed E-state index contributed by atoms with van der Waals surface area (Å²) in [6.45, 7) is 1.99. The highest BCUT2D eigenvalue weighted by atomic mass is 16.6. The van der Waals surface area contributed by atoms with E-state index < -0.39 is 4.92 Å². The fourth-order valence-corrected chi connectivity index (χ4v) is 1.51. The van der Waals surface area contributed by atoms with Gasteiger partial charge in [-0.15, -0.1) is 5.10 Å². The van der Waals surface area contributed by atoms with Gasteiger partial charge in [-0.25, -0.2) is 4.68 Å². The lowest BCUT2D eigenvalue weighted by atomic mass is 10.2. The summed E-state index contributed by atoms with van der Waals surface area (Å²) >= 11 is 0. The van der Waals surface area contributed by atoms with Gasteiger partial charge in [-0.3, -0.25) is 10.1 Å². The first-order chi connectivity index (χ1) is 8.11. The van der Waals surface area contributed by atoms with E-state index in [-0.39, 0.29) is 5.69 Å². The number of nitrogens with two attached hydrogens (primary N) is 1. The maximum absolute atomic E-state index is 10.7. The van der Waals surface area contributed by atoms with E-state index in [0.717, 1.165) is 5.69 Å². The largest absolute Gasteiger partial charge is 0.325 e. The highest BCUT2D eigenvalue weighted by molar-refractivity contribution is 5.47. The van der Waals surface area contributed by atoms with Crippen LogP contribution in [0.1, 0.15) is 11.3 Å². The Morgan fingerprint density at radius 2 is 2.29 bits per heavy atom. The number of rotatable bonds is 3. The Balaban J connectivity index is 2.40. The summed E-state index contributed by atoms with van der Waals surface area (Å²) in [5.74, 6) is 0. The van der Waals surface area contributed by atoms with Crippen molar-refractivity contribution in [1.82, 2.24) is 15.0 Å². The number of nitro groups is 1. The van der Waals surface area contributed by atoms with Crippen LogP contribution in [0.2, 0.25) is 0 Å². The number of nitrogens with zero attached hydrogens (tertiary/aromatic N) is 4. The molecule has 0 aliphatic heterocycles. The first-order valence-electron chi connectivity index (χ1n) is 4.98. The Morgan fingerprint density at radius 1 is 1.53 bits per heavy atom. The average molecular weight is 233 g/mol. The molecule has 0 fully saturated rings. The third-order valence-corrected chi connectivity index (χ3v) is 2.39. The molecule has 88 valence electrons. The second-order valence-electron chi connectivity index (χ2n) is 3.59. The zero-order valence-corrected chi connectivity index (χ0v) is 9.20. The topological polar surface area (TPSA) is 99.9 Å². The van der Waals surface area contributed by atoms with Crippen molar-refractivity contribution in [2.24, 2.45) is 5.73 Å². The molecule has 7 nitrogen and oxygen atoms in total. The van der Waals surface area contributed by atoms with Crippen LogP contribution < -0.4 is 5.73 Å². The van der Waals surface area contributed by atoms with Crippen LogP contribution in [0.25, 0.3) is 5.69 Å². The van der Waals surface area contributed by atoms with Crippen molar-refractivity contribution < 1.29 is 4.92 Å². The Labute approximate surface area is 97.0 Å². The summed E-state index contributed by atoms with van der Waals surface area (Å²) in [6, 6.07) is 4.77. The second-order valence-corrected chi connectivity index (χ2v) is 3.59. The predicted molar refractivity (Wildman–Crippen MR) is 60.6 cm³/mol. The van der Waals surface area contributed by atoms with Gasteiger partial charge in [0.25, 0.3) is 5.69 Å². The van der Waals surface area contributed by atoms with Crippen molar-refractivity contribution in [3.8, 4) is 5.69 Å². The Hall–Kier alpha value is -2.28. The van der Waals surface area contributed by atoms with Crippen LogP contribution in [-0.4, -0.2) is 19.9 Å². The number of aromatic nitrogens is 3. The number of hydrogen-bond donors (Lipinski definition) is 1. The maximum Gasteiger partial charge on any atom is 0.272 e. The quantitative estimate of drug-likeness (QED) is 0.628. The van der Waals surface area contributed by atoms with E-state index in [9.17, 15) is 10.1 Å². The number of benzene rings is 1. The lowest BCUT2D eigenvalue weighted by Gasteiger charge is -2.02. The minimum absolute atomic E-state index is 0.0907. The fourth-order valence-electron chi connectivity index (χ4n) is 1.51. The molecule has 0 amide bonds. The Morgan fingerprint density at radius 3 is 2.82 bits per heavy atom. The van der Waals surface area contributed by atoms with Gasteiger partial charge in [-0.1, -0.05) is 5.21 Å². The molecule has 2 aromatic rings. The summed E-state index contributed by atoms with van der Waals surface area (Å²) in [6.07, 6.45) is 1.70. The minimum atomic E-state index is -0.411. The van der Waals surface area contributed by atoms with Crippen LogP contribution >= 0.6 is 0 Å². The third kappa shape index (κ3) is 2.13. The third-order valence-electron chi connectivity index (χ3n) is 2.39. The summed E-state index contributed by atoms with van der Waals surface area (Å²) in [5.41, 5.74) is 7.49. The molecule has 0 saturated carbocycles. The molecule has 0 unspecified atom stereocenters. The summed E-state index contributed by atoms with van der Waals surface area (Å²) in [7, 11) is 0. The van der Waals surface area contributed by atoms with Crippen molar-refractivity contribution in [2.75, 3.05) is 0 Å². The van der Waals surface area contributed by atoms with Gasteiger partial charge in [-0.2, -0.15) is 0 Å². The SMILES string of the molecule is Cc1cc(-n2cc(CN)nn2)ccc1[N+](=O)[O-]. The van der Waals surface area contributed by atoms with Crippen molar-refractivity contribution in [3.63, 3.8) is 0 Å². The molecule has 0 saturated heterocycles. The zero-order valence-electron chi connectivity index (χ0n) is 9.20.